The molecule has 0 radical (unpaired) electrons. The molecule has 8 heteroatoms. The molecule has 10 rings (SSSR count). The third-order valence-corrected chi connectivity index (χ3v) is 11.3. The van der Waals surface area contributed by atoms with Crippen LogP contribution in [-0.2, 0) is 6.18 Å². The van der Waals surface area contributed by atoms with E-state index >= 15 is 0 Å². The van der Waals surface area contributed by atoms with Gasteiger partial charge in [0.2, 0.25) is 0 Å². The highest BCUT2D eigenvalue weighted by atomic mass is 19.4. The van der Waals surface area contributed by atoms with E-state index in [1.54, 1.807) is 42.5 Å². The van der Waals surface area contributed by atoms with Crippen LogP contribution in [0.5, 0.6) is 0 Å². The van der Waals surface area contributed by atoms with Gasteiger partial charge in [-0.15, -0.1) is 0 Å². The molecule has 0 fully saturated rings. The minimum absolute atomic E-state index is 0.0782. The maximum Gasteiger partial charge on any atom is 0.416 e. The third kappa shape index (κ3) is 5.77. The molecule has 0 aliphatic rings. The summed E-state index contributed by atoms with van der Waals surface area (Å²) in [6, 6.07) is 56.3. The van der Waals surface area contributed by atoms with Gasteiger partial charge in [0.1, 0.15) is 0 Å². The van der Waals surface area contributed by atoms with Crippen molar-refractivity contribution in [1.82, 2.24) is 9.13 Å². The molecule has 2 heterocycles. The Morgan fingerprint density at radius 1 is 0.450 bits per heavy atom. The zero-order chi connectivity index (χ0) is 41.1. The van der Waals surface area contributed by atoms with Crippen molar-refractivity contribution >= 4 is 49.3 Å². The summed E-state index contributed by atoms with van der Waals surface area (Å²) in [6.45, 7) is 8.39. The molecular formula is C52H28F3N5. The van der Waals surface area contributed by atoms with E-state index in [0.717, 1.165) is 71.9 Å². The number of halogens is 3. The van der Waals surface area contributed by atoms with Crippen LogP contribution >= 0.6 is 0 Å². The molecule has 0 unspecified atom stereocenters. The van der Waals surface area contributed by atoms with Crippen molar-refractivity contribution in [2.75, 3.05) is 0 Å². The average molecular weight is 780 g/mol. The standard InChI is InChI=1S/C52H28F3N5/c1-58-45-29-51(60-47-13-7-4-10-40(47)43-27-37(23-25-49(43)60)35-20-16-33(31-57)17-21-35)50(28-41(45)38-8-2-5-11-44(38)52(53,54)55)59-46-12-6-3-9-39(46)42-26-36(22-24-48(42)59)34-18-14-32(30-56)15-19-34/h2-29H. The lowest BCUT2D eigenvalue weighted by atomic mass is 9.96. The summed E-state index contributed by atoms with van der Waals surface area (Å²) in [5, 5.41) is 22.6. The molecule has 10 aromatic rings. The summed E-state index contributed by atoms with van der Waals surface area (Å²) in [5.74, 6) is 0. The van der Waals surface area contributed by atoms with E-state index < -0.39 is 11.7 Å². The van der Waals surface area contributed by atoms with E-state index in [0.29, 0.717) is 22.5 Å². The Morgan fingerprint density at radius 2 is 0.883 bits per heavy atom. The summed E-state index contributed by atoms with van der Waals surface area (Å²) < 4.78 is 48.3. The van der Waals surface area contributed by atoms with E-state index in [9.17, 15) is 23.7 Å². The fraction of sp³-hybridized carbons (Fsp3) is 0.0192. The molecule has 0 atom stereocenters. The Morgan fingerprint density at radius 3 is 1.37 bits per heavy atom. The Bertz CT molecular complexity index is 3500. The number of fused-ring (bicyclic) bond motifs is 6. The van der Waals surface area contributed by atoms with Gasteiger partial charge in [0, 0.05) is 21.5 Å². The van der Waals surface area contributed by atoms with Crippen molar-refractivity contribution in [1.29, 1.82) is 10.5 Å². The van der Waals surface area contributed by atoms with Crippen LogP contribution in [0, 0.1) is 29.2 Å². The zero-order valence-corrected chi connectivity index (χ0v) is 31.5. The van der Waals surface area contributed by atoms with Crippen LogP contribution in [0.1, 0.15) is 16.7 Å². The van der Waals surface area contributed by atoms with E-state index in [-0.39, 0.29) is 16.8 Å². The van der Waals surface area contributed by atoms with Crippen LogP contribution in [0.15, 0.2) is 170 Å². The second-order valence-electron chi connectivity index (χ2n) is 14.6. The van der Waals surface area contributed by atoms with E-state index in [1.807, 2.05) is 97.1 Å². The fourth-order valence-electron chi connectivity index (χ4n) is 8.50. The normalized spacial score (nSPS) is 11.5. The predicted molar refractivity (Wildman–Crippen MR) is 232 cm³/mol. The molecule has 0 bridgehead atoms. The van der Waals surface area contributed by atoms with Crippen LogP contribution in [0.3, 0.4) is 0 Å². The number of nitrogens with zero attached hydrogens (tertiary/aromatic N) is 5. The molecule has 5 nitrogen and oxygen atoms in total. The first kappa shape index (κ1) is 36.0. The maximum absolute atomic E-state index is 14.7. The van der Waals surface area contributed by atoms with Gasteiger partial charge in [-0.2, -0.15) is 23.7 Å². The van der Waals surface area contributed by atoms with Gasteiger partial charge in [0.15, 0.2) is 5.69 Å². The molecule has 60 heavy (non-hydrogen) atoms. The van der Waals surface area contributed by atoms with Crippen molar-refractivity contribution in [3.05, 3.63) is 198 Å². The lowest BCUT2D eigenvalue weighted by molar-refractivity contribution is -0.137. The number of rotatable bonds is 5. The van der Waals surface area contributed by atoms with E-state index in [1.165, 1.54) is 12.1 Å². The summed E-state index contributed by atoms with van der Waals surface area (Å²) in [7, 11) is 0. The van der Waals surface area contributed by atoms with Gasteiger partial charge in [-0.05, 0) is 112 Å². The number of benzene rings is 8. The lowest BCUT2D eigenvalue weighted by Crippen LogP contribution is -2.08. The van der Waals surface area contributed by atoms with Crippen LogP contribution in [0.4, 0.5) is 18.9 Å². The average Bonchev–Trinajstić information content (AvgIpc) is 3.80. The quantitative estimate of drug-likeness (QED) is 0.163. The largest absolute Gasteiger partial charge is 0.416 e. The van der Waals surface area contributed by atoms with Gasteiger partial charge in [-0.3, -0.25) is 0 Å². The summed E-state index contributed by atoms with van der Waals surface area (Å²) >= 11 is 0. The number of alkyl halides is 3. The van der Waals surface area contributed by atoms with Gasteiger partial charge in [0.25, 0.3) is 0 Å². The maximum atomic E-state index is 14.7. The van der Waals surface area contributed by atoms with Crippen LogP contribution in [0.2, 0.25) is 0 Å². The van der Waals surface area contributed by atoms with Crippen LogP contribution < -0.4 is 0 Å². The number of hydrogen-bond donors (Lipinski definition) is 0. The molecular weight excluding hydrogens is 752 g/mol. The second-order valence-corrected chi connectivity index (χ2v) is 14.6. The molecule has 0 saturated carbocycles. The lowest BCUT2D eigenvalue weighted by Gasteiger charge is -2.21. The SMILES string of the molecule is [C-]#[N+]c1cc(-n2c3ccccc3c3cc(-c4ccc(C#N)cc4)ccc32)c(-n2c3ccccc3c3cc(-c4ccc(C#N)cc4)ccc32)cc1-c1ccccc1C(F)(F)F. The van der Waals surface area contributed by atoms with Gasteiger partial charge in [0.05, 0.1) is 68.8 Å². The van der Waals surface area contributed by atoms with E-state index in [2.05, 4.69) is 38.3 Å². The number of nitriles is 2. The molecule has 0 aliphatic carbocycles. The summed E-state index contributed by atoms with van der Waals surface area (Å²) in [4.78, 5) is 3.89. The summed E-state index contributed by atoms with van der Waals surface area (Å²) in [6.07, 6.45) is -4.66. The minimum atomic E-state index is -4.66. The number of hydrogen-bond acceptors (Lipinski definition) is 2. The highest BCUT2D eigenvalue weighted by Gasteiger charge is 2.34. The van der Waals surface area contributed by atoms with Crippen molar-refractivity contribution in [3.8, 4) is 56.9 Å². The smallest absolute Gasteiger partial charge is 0.308 e. The first-order chi connectivity index (χ1) is 29.2. The number of aromatic nitrogens is 2. The molecule has 8 aromatic carbocycles. The Labute approximate surface area is 342 Å². The highest BCUT2D eigenvalue weighted by Crippen LogP contribution is 2.46. The number of para-hydroxylation sites is 2. The van der Waals surface area contributed by atoms with Gasteiger partial charge >= 0.3 is 6.18 Å². The van der Waals surface area contributed by atoms with Crippen molar-refractivity contribution < 1.29 is 13.2 Å². The van der Waals surface area contributed by atoms with Gasteiger partial charge < -0.3 is 9.13 Å². The molecule has 2 aromatic heterocycles. The first-order valence-corrected chi connectivity index (χ1v) is 19.1. The molecule has 0 spiro atoms. The Kier molecular flexibility index (Phi) is 8.35. The third-order valence-electron chi connectivity index (χ3n) is 11.3. The predicted octanol–water partition coefficient (Wildman–Crippen LogP) is 14.2. The Balaban J connectivity index is 1.31. The first-order valence-electron chi connectivity index (χ1n) is 19.1. The molecule has 0 aliphatic heterocycles. The van der Waals surface area contributed by atoms with Gasteiger partial charge in [-0.1, -0.05) is 91.0 Å². The van der Waals surface area contributed by atoms with Crippen LogP contribution in [0.25, 0.3) is 93.2 Å². The Hall–Kier alpha value is -8.38. The fourth-order valence-corrected chi connectivity index (χ4v) is 8.50. The van der Waals surface area contributed by atoms with E-state index in [4.69, 9.17) is 6.57 Å². The molecule has 0 amide bonds. The molecule has 0 saturated heterocycles. The van der Waals surface area contributed by atoms with Crippen molar-refractivity contribution in [2.45, 2.75) is 6.18 Å². The molecule has 282 valence electrons. The molecule has 0 N–H and O–H groups in total. The van der Waals surface area contributed by atoms with Crippen molar-refractivity contribution in [2.24, 2.45) is 0 Å². The zero-order valence-electron chi connectivity index (χ0n) is 31.5. The highest BCUT2D eigenvalue weighted by molar-refractivity contribution is 6.13. The monoisotopic (exact) mass is 779 g/mol. The topological polar surface area (TPSA) is 61.8 Å². The van der Waals surface area contributed by atoms with Crippen LogP contribution in [-0.4, -0.2) is 9.13 Å². The summed E-state index contributed by atoms with van der Waals surface area (Å²) in [5.41, 5.74) is 8.81. The second kappa shape index (κ2) is 13.9. The van der Waals surface area contributed by atoms with Crippen molar-refractivity contribution in [3.63, 3.8) is 0 Å². The minimum Gasteiger partial charge on any atom is -0.308 e. The van der Waals surface area contributed by atoms with Gasteiger partial charge in [-0.25, -0.2) is 4.85 Å².